The van der Waals surface area contributed by atoms with Crippen molar-refractivity contribution in [3.8, 4) is 0 Å². The molecule has 0 saturated heterocycles. The Morgan fingerprint density at radius 1 is 1.14 bits per heavy atom. The van der Waals surface area contributed by atoms with Crippen molar-refractivity contribution in [3.05, 3.63) is 46.0 Å². The van der Waals surface area contributed by atoms with Crippen LogP contribution in [-0.4, -0.2) is 4.83 Å². The van der Waals surface area contributed by atoms with Crippen LogP contribution in [0.2, 0.25) is 0 Å². The smallest absolute Gasteiger partial charge is 0.0527 e. The van der Waals surface area contributed by atoms with E-state index in [0.717, 1.165) is 0 Å². The van der Waals surface area contributed by atoms with Crippen LogP contribution in [0, 0.1) is 0 Å². The highest BCUT2D eigenvalue weighted by Crippen LogP contribution is 2.52. The summed E-state index contributed by atoms with van der Waals surface area (Å²) in [5, 5.41) is 0. The molecular weight excluding hydrogens is 304 g/mol. The maximum Gasteiger partial charge on any atom is 0.0527 e. The first kappa shape index (κ1) is 9.17. The van der Waals surface area contributed by atoms with Gasteiger partial charge in [-0.15, -0.1) is 0 Å². The van der Waals surface area contributed by atoms with Crippen LogP contribution >= 0.6 is 31.9 Å². The van der Waals surface area contributed by atoms with Crippen LogP contribution in [-0.2, 0) is 0 Å². The molecule has 14 heavy (non-hydrogen) atoms. The maximum absolute atomic E-state index is 3.76. The van der Waals surface area contributed by atoms with Gasteiger partial charge in [0.25, 0.3) is 0 Å². The number of fused-ring (bicyclic) bond motifs is 5. The zero-order chi connectivity index (χ0) is 9.71. The molecule has 3 rings (SSSR count). The zero-order valence-electron chi connectivity index (χ0n) is 7.58. The van der Waals surface area contributed by atoms with Gasteiger partial charge in [-0.1, -0.05) is 62.2 Å². The molecule has 0 fully saturated rings. The number of hydrogen-bond donors (Lipinski definition) is 0. The lowest BCUT2D eigenvalue weighted by Gasteiger charge is -2.22. The van der Waals surface area contributed by atoms with Crippen LogP contribution < -0.4 is 0 Å². The topological polar surface area (TPSA) is 0 Å². The highest BCUT2D eigenvalue weighted by Gasteiger charge is 2.38. The summed E-state index contributed by atoms with van der Waals surface area (Å²) in [5.74, 6) is 1.30. The standard InChI is InChI=1S/C12H10Br2/c13-11-6-7-5-10(12(11)14)9-4-2-1-3-8(7)9/h1-4,6-7,10,12H,5H2/t7-,10-,12-/m0/s1. The molecule has 0 unspecified atom stereocenters. The monoisotopic (exact) mass is 312 g/mol. The average Bonchev–Trinajstić information content (AvgIpc) is 2.52. The first-order chi connectivity index (χ1) is 6.77. The van der Waals surface area contributed by atoms with E-state index in [4.69, 9.17) is 0 Å². The van der Waals surface area contributed by atoms with Gasteiger partial charge in [0, 0.05) is 16.3 Å². The molecule has 2 heteroatoms. The van der Waals surface area contributed by atoms with Crippen molar-refractivity contribution in [1.82, 2.24) is 0 Å². The number of allylic oxidation sites excluding steroid dienone is 2. The van der Waals surface area contributed by atoms with Crippen molar-refractivity contribution >= 4 is 31.9 Å². The molecule has 0 N–H and O–H groups in total. The minimum Gasteiger partial charge on any atom is -0.0826 e. The molecule has 1 aromatic carbocycles. The summed E-state index contributed by atoms with van der Waals surface area (Å²) in [7, 11) is 0. The van der Waals surface area contributed by atoms with Gasteiger partial charge >= 0.3 is 0 Å². The maximum atomic E-state index is 3.76. The number of benzene rings is 1. The summed E-state index contributed by atoms with van der Waals surface area (Å²) in [4.78, 5) is 0.474. The summed E-state index contributed by atoms with van der Waals surface area (Å²) in [6.07, 6.45) is 3.62. The molecule has 2 aliphatic carbocycles. The van der Waals surface area contributed by atoms with E-state index in [2.05, 4.69) is 62.2 Å². The number of rotatable bonds is 0. The van der Waals surface area contributed by atoms with Crippen molar-refractivity contribution < 1.29 is 0 Å². The molecule has 0 saturated carbocycles. The van der Waals surface area contributed by atoms with Gasteiger partial charge in [-0.2, -0.15) is 0 Å². The van der Waals surface area contributed by atoms with E-state index in [1.54, 1.807) is 0 Å². The summed E-state index contributed by atoms with van der Waals surface area (Å²) in [6, 6.07) is 8.83. The molecule has 0 spiro atoms. The Morgan fingerprint density at radius 3 is 2.64 bits per heavy atom. The second kappa shape index (κ2) is 3.21. The van der Waals surface area contributed by atoms with Crippen molar-refractivity contribution in [1.29, 1.82) is 0 Å². The van der Waals surface area contributed by atoms with Gasteiger partial charge in [-0.25, -0.2) is 0 Å². The van der Waals surface area contributed by atoms with Crippen LogP contribution in [0.5, 0.6) is 0 Å². The van der Waals surface area contributed by atoms with Gasteiger partial charge in [0.1, 0.15) is 0 Å². The second-order valence-electron chi connectivity index (χ2n) is 4.03. The minimum atomic E-state index is 0.474. The second-order valence-corrected chi connectivity index (χ2v) is 5.93. The van der Waals surface area contributed by atoms with E-state index < -0.39 is 0 Å². The van der Waals surface area contributed by atoms with Gasteiger partial charge < -0.3 is 0 Å². The molecule has 0 nitrogen and oxygen atoms in total. The molecule has 1 aromatic rings. The Morgan fingerprint density at radius 2 is 1.86 bits per heavy atom. The minimum absolute atomic E-state index is 0.474. The van der Waals surface area contributed by atoms with Gasteiger partial charge in [0.15, 0.2) is 0 Å². The van der Waals surface area contributed by atoms with Crippen molar-refractivity contribution in [2.24, 2.45) is 0 Å². The van der Waals surface area contributed by atoms with Gasteiger partial charge in [-0.05, 0) is 17.5 Å². The van der Waals surface area contributed by atoms with Crippen LogP contribution in [0.25, 0.3) is 0 Å². The van der Waals surface area contributed by atoms with E-state index >= 15 is 0 Å². The highest BCUT2D eigenvalue weighted by molar-refractivity contribution is 9.14. The summed E-state index contributed by atoms with van der Waals surface area (Å²) in [5.41, 5.74) is 3.06. The molecule has 0 amide bonds. The van der Waals surface area contributed by atoms with Gasteiger partial charge in [0.05, 0.1) is 4.83 Å². The quantitative estimate of drug-likeness (QED) is 0.626. The van der Waals surface area contributed by atoms with Crippen molar-refractivity contribution in [2.75, 3.05) is 0 Å². The summed E-state index contributed by atoms with van der Waals surface area (Å²) in [6.45, 7) is 0. The fourth-order valence-electron chi connectivity index (χ4n) is 2.63. The Bertz CT molecular complexity index is 409. The Kier molecular flexibility index (Phi) is 2.10. The fraction of sp³-hybridized carbons (Fsp3) is 0.333. The molecule has 0 aliphatic heterocycles. The highest BCUT2D eigenvalue weighted by atomic mass is 79.9. The third-order valence-electron chi connectivity index (χ3n) is 3.28. The fourth-order valence-corrected chi connectivity index (χ4v) is 3.92. The molecule has 0 aromatic heterocycles. The summed E-state index contributed by atoms with van der Waals surface area (Å²) >= 11 is 7.41. The SMILES string of the molecule is BrC1=C[C@@H]2C[C@@H](c3ccccc32)[C@@H]1Br. The Hall–Kier alpha value is -0.0800. The third-order valence-corrected chi connectivity index (χ3v) is 5.78. The predicted octanol–water partition coefficient (Wildman–Crippen LogP) is 4.31. The Labute approximate surface area is 101 Å². The number of alkyl halides is 1. The molecule has 3 atom stereocenters. The number of halogens is 2. The Balaban J connectivity index is 2.18. The molecule has 0 radical (unpaired) electrons. The van der Waals surface area contributed by atoms with Gasteiger partial charge in [-0.3, -0.25) is 0 Å². The molecular formula is C12H10Br2. The normalized spacial score (nSPS) is 33.9. The van der Waals surface area contributed by atoms with Crippen LogP contribution in [0.15, 0.2) is 34.8 Å². The summed E-state index contributed by atoms with van der Waals surface area (Å²) < 4.78 is 1.31. The van der Waals surface area contributed by atoms with E-state index in [0.29, 0.717) is 16.7 Å². The molecule has 72 valence electrons. The first-order valence-electron chi connectivity index (χ1n) is 4.87. The van der Waals surface area contributed by atoms with E-state index in [-0.39, 0.29) is 0 Å². The lowest BCUT2D eigenvalue weighted by Crippen LogP contribution is -2.13. The lowest BCUT2D eigenvalue weighted by molar-refractivity contribution is 0.638. The van der Waals surface area contributed by atoms with E-state index in [1.165, 1.54) is 22.0 Å². The average molecular weight is 314 g/mol. The molecule has 2 bridgehead atoms. The van der Waals surface area contributed by atoms with Crippen molar-refractivity contribution in [3.63, 3.8) is 0 Å². The largest absolute Gasteiger partial charge is 0.0826 e. The van der Waals surface area contributed by atoms with E-state index in [9.17, 15) is 0 Å². The zero-order valence-corrected chi connectivity index (χ0v) is 10.8. The van der Waals surface area contributed by atoms with Gasteiger partial charge in [0.2, 0.25) is 0 Å². The number of hydrogen-bond acceptors (Lipinski definition) is 0. The first-order valence-corrected chi connectivity index (χ1v) is 6.58. The van der Waals surface area contributed by atoms with Crippen LogP contribution in [0.4, 0.5) is 0 Å². The van der Waals surface area contributed by atoms with Crippen LogP contribution in [0.1, 0.15) is 29.4 Å². The lowest BCUT2D eigenvalue weighted by atomic mass is 9.93. The molecule has 0 heterocycles. The van der Waals surface area contributed by atoms with E-state index in [1.807, 2.05) is 0 Å². The van der Waals surface area contributed by atoms with Crippen LogP contribution in [0.3, 0.4) is 0 Å². The predicted molar refractivity (Wildman–Crippen MR) is 66.3 cm³/mol. The molecule has 2 aliphatic rings. The van der Waals surface area contributed by atoms with Crippen molar-refractivity contribution in [2.45, 2.75) is 23.1 Å². The third kappa shape index (κ3) is 1.17.